The van der Waals surface area contributed by atoms with E-state index in [-0.39, 0.29) is 11.8 Å². The van der Waals surface area contributed by atoms with E-state index < -0.39 is 9.84 Å². The lowest BCUT2D eigenvalue weighted by Gasteiger charge is -2.23. The second-order valence-corrected chi connectivity index (χ2v) is 8.09. The first-order valence-electron chi connectivity index (χ1n) is 6.08. The average molecular weight is 285 g/mol. The fourth-order valence-electron chi connectivity index (χ4n) is 2.41. The molecule has 1 heterocycles. The zero-order chi connectivity index (χ0) is 13.2. The van der Waals surface area contributed by atoms with Crippen LogP contribution in [0, 0.1) is 0 Å². The number of fused-ring (bicyclic) bond motifs is 1. The molecule has 0 amide bonds. The van der Waals surface area contributed by atoms with Gasteiger partial charge in [0.1, 0.15) is 9.84 Å². The summed E-state index contributed by atoms with van der Waals surface area (Å²) in [6.45, 7) is 0. The summed E-state index contributed by atoms with van der Waals surface area (Å²) < 4.78 is 22.6. The lowest BCUT2D eigenvalue weighted by molar-refractivity contribution is 0.476. The maximum atomic E-state index is 11.3. The minimum Gasteiger partial charge on any atom is -0.316 e. The Bertz CT molecular complexity index is 513. The molecule has 0 aromatic heterocycles. The monoisotopic (exact) mass is 285 g/mol. The highest BCUT2D eigenvalue weighted by molar-refractivity contribution is 7.99. The van der Waals surface area contributed by atoms with Crippen LogP contribution in [0.1, 0.15) is 17.9 Å². The van der Waals surface area contributed by atoms with E-state index in [1.807, 2.05) is 18.8 Å². The fraction of sp³-hybridized carbons (Fsp3) is 0.538. The van der Waals surface area contributed by atoms with Gasteiger partial charge >= 0.3 is 0 Å². The number of likely N-dealkylation sites (N-methyl/N-ethyl adjacent to an activating group) is 1. The molecule has 0 spiro atoms. The van der Waals surface area contributed by atoms with Crippen molar-refractivity contribution in [1.82, 2.24) is 5.32 Å². The van der Waals surface area contributed by atoms with Gasteiger partial charge in [0, 0.05) is 28.9 Å². The van der Waals surface area contributed by atoms with Gasteiger partial charge < -0.3 is 5.32 Å². The topological polar surface area (TPSA) is 46.2 Å². The third kappa shape index (κ3) is 3.28. The minimum atomic E-state index is -2.88. The molecule has 100 valence electrons. The number of nitrogens with one attached hydrogen (secondary N) is 1. The smallest absolute Gasteiger partial charge is 0.147 e. The van der Waals surface area contributed by atoms with E-state index in [1.165, 1.54) is 16.7 Å². The Balaban J connectivity index is 2.11. The molecule has 18 heavy (non-hydrogen) atoms. The Morgan fingerprint density at radius 2 is 2.17 bits per heavy atom. The summed E-state index contributed by atoms with van der Waals surface area (Å²) in [5, 5.41) is 3.28. The van der Waals surface area contributed by atoms with Crippen molar-refractivity contribution < 1.29 is 8.42 Å². The van der Waals surface area contributed by atoms with Crippen molar-refractivity contribution >= 4 is 21.6 Å². The molecule has 0 saturated heterocycles. The molecule has 1 aromatic rings. The number of sulfone groups is 1. The molecule has 2 unspecified atom stereocenters. The lowest BCUT2D eigenvalue weighted by atomic mass is 9.92. The molecule has 0 saturated carbocycles. The van der Waals surface area contributed by atoms with Crippen molar-refractivity contribution in [3.8, 4) is 0 Å². The highest BCUT2D eigenvalue weighted by Gasteiger charge is 2.29. The Morgan fingerprint density at radius 1 is 1.44 bits per heavy atom. The highest BCUT2D eigenvalue weighted by atomic mass is 32.2. The van der Waals surface area contributed by atoms with E-state index in [1.54, 1.807) is 0 Å². The first-order chi connectivity index (χ1) is 8.51. The molecule has 1 aliphatic rings. The van der Waals surface area contributed by atoms with Crippen molar-refractivity contribution in [2.45, 2.75) is 23.3 Å². The zero-order valence-electron chi connectivity index (χ0n) is 10.7. The summed E-state index contributed by atoms with van der Waals surface area (Å²) in [6, 6.07) is 8.64. The molecule has 0 fully saturated rings. The van der Waals surface area contributed by atoms with Gasteiger partial charge in [-0.3, -0.25) is 0 Å². The van der Waals surface area contributed by atoms with E-state index in [9.17, 15) is 8.42 Å². The molecule has 0 aliphatic carbocycles. The molecule has 0 radical (unpaired) electrons. The van der Waals surface area contributed by atoms with E-state index in [4.69, 9.17) is 0 Å². The van der Waals surface area contributed by atoms with Crippen LogP contribution in [0.25, 0.3) is 0 Å². The van der Waals surface area contributed by atoms with Gasteiger partial charge in [0.05, 0.1) is 5.75 Å². The van der Waals surface area contributed by atoms with Crippen molar-refractivity contribution in [3.05, 3.63) is 29.8 Å². The second-order valence-electron chi connectivity index (χ2n) is 4.77. The van der Waals surface area contributed by atoms with Crippen LogP contribution in [-0.2, 0) is 9.84 Å². The molecule has 1 N–H and O–H groups in total. The van der Waals surface area contributed by atoms with Crippen LogP contribution < -0.4 is 5.32 Å². The van der Waals surface area contributed by atoms with Gasteiger partial charge in [0.2, 0.25) is 0 Å². The fourth-order valence-corrected chi connectivity index (χ4v) is 4.42. The largest absolute Gasteiger partial charge is 0.316 e. The van der Waals surface area contributed by atoms with E-state index >= 15 is 0 Å². The first-order valence-corrected chi connectivity index (χ1v) is 9.12. The zero-order valence-corrected chi connectivity index (χ0v) is 12.4. The minimum absolute atomic E-state index is 0.232. The predicted octanol–water partition coefficient (Wildman–Crippen LogP) is 1.90. The van der Waals surface area contributed by atoms with Crippen molar-refractivity contribution in [2.24, 2.45) is 0 Å². The van der Waals surface area contributed by atoms with Crippen LogP contribution in [0.2, 0.25) is 0 Å². The van der Waals surface area contributed by atoms with Gasteiger partial charge in [-0.15, -0.1) is 11.8 Å². The number of rotatable bonds is 5. The molecule has 5 heteroatoms. The quantitative estimate of drug-likeness (QED) is 0.897. The summed E-state index contributed by atoms with van der Waals surface area (Å²) in [7, 11) is -0.968. The van der Waals surface area contributed by atoms with E-state index in [0.717, 1.165) is 5.75 Å². The Hall–Kier alpha value is -0.520. The summed E-state index contributed by atoms with van der Waals surface area (Å²) in [4.78, 5) is 1.34. The Kier molecular flexibility index (Phi) is 4.35. The lowest BCUT2D eigenvalue weighted by Crippen LogP contribution is -2.34. The Labute approximate surface area is 113 Å². The molecule has 2 atom stereocenters. The van der Waals surface area contributed by atoms with Crippen LogP contribution in [0.5, 0.6) is 0 Å². The van der Waals surface area contributed by atoms with Crippen molar-refractivity contribution in [2.75, 3.05) is 24.8 Å². The van der Waals surface area contributed by atoms with Gasteiger partial charge in [-0.2, -0.15) is 0 Å². The third-order valence-corrected chi connectivity index (χ3v) is 5.58. The second kappa shape index (κ2) is 5.63. The van der Waals surface area contributed by atoms with E-state index in [0.29, 0.717) is 12.3 Å². The molecular weight excluding hydrogens is 266 g/mol. The number of thioether (sulfide) groups is 1. The highest BCUT2D eigenvalue weighted by Crippen LogP contribution is 2.41. The number of hydrogen-bond acceptors (Lipinski definition) is 4. The SMILES string of the molecule is CNC(CCS(C)(=O)=O)C1CSc2ccccc21. The van der Waals surface area contributed by atoms with Gasteiger partial charge in [-0.25, -0.2) is 8.42 Å². The van der Waals surface area contributed by atoms with Gasteiger partial charge in [-0.1, -0.05) is 18.2 Å². The summed E-state index contributed by atoms with van der Waals surface area (Å²) >= 11 is 1.86. The molecular formula is C13H19NO2S2. The van der Waals surface area contributed by atoms with E-state index in [2.05, 4.69) is 29.6 Å². The maximum Gasteiger partial charge on any atom is 0.147 e. The average Bonchev–Trinajstić information content (AvgIpc) is 2.73. The molecule has 0 bridgehead atoms. The van der Waals surface area contributed by atoms with Crippen molar-refractivity contribution in [1.29, 1.82) is 0 Å². The number of hydrogen-bond donors (Lipinski definition) is 1. The summed E-state index contributed by atoms with van der Waals surface area (Å²) in [6.07, 6.45) is 1.98. The van der Waals surface area contributed by atoms with Crippen LogP contribution >= 0.6 is 11.8 Å². The van der Waals surface area contributed by atoms with Crippen LogP contribution in [0.3, 0.4) is 0 Å². The van der Waals surface area contributed by atoms with Gasteiger partial charge in [-0.05, 0) is 25.1 Å². The standard InChI is InChI=1S/C13H19NO2S2/c1-14-12(7-8-18(2,15)16)11-9-17-13-6-4-3-5-10(11)13/h3-6,11-12,14H,7-9H2,1-2H3. The normalized spacial score (nSPS) is 20.7. The summed E-state index contributed by atoms with van der Waals surface area (Å²) in [5.74, 6) is 1.70. The molecule has 1 aliphatic heterocycles. The van der Waals surface area contributed by atoms with Gasteiger partial charge in [0.15, 0.2) is 0 Å². The molecule has 3 nitrogen and oxygen atoms in total. The summed E-state index contributed by atoms with van der Waals surface area (Å²) in [5.41, 5.74) is 1.36. The van der Waals surface area contributed by atoms with Crippen LogP contribution in [-0.4, -0.2) is 39.3 Å². The molecule has 1 aromatic carbocycles. The van der Waals surface area contributed by atoms with Crippen LogP contribution in [0.15, 0.2) is 29.2 Å². The maximum absolute atomic E-state index is 11.3. The first kappa shape index (κ1) is 13.9. The third-order valence-electron chi connectivity index (χ3n) is 3.39. The number of benzene rings is 1. The Morgan fingerprint density at radius 3 is 2.83 bits per heavy atom. The van der Waals surface area contributed by atoms with Gasteiger partial charge in [0.25, 0.3) is 0 Å². The predicted molar refractivity (Wildman–Crippen MR) is 77.1 cm³/mol. The van der Waals surface area contributed by atoms with Crippen molar-refractivity contribution in [3.63, 3.8) is 0 Å². The molecule has 2 rings (SSSR count). The van der Waals surface area contributed by atoms with Crippen LogP contribution in [0.4, 0.5) is 0 Å².